The Morgan fingerprint density at radius 1 is 1.28 bits per heavy atom. The molecule has 4 atom stereocenters. The number of hydrogen-bond donors (Lipinski definition) is 2. The molecule has 3 aromatic rings. The van der Waals surface area contributed by atoms with Crippen molar-refractivity contribution in [3.05, 3.63) is 39.1 Å². The molecule has 0 spiro atoms. The molecular weight excluding hydrogens is 350 g/mol. The summed E-state index contributed by atoms with van der Waals surface area (Å²) < 4.78 is 0. The summed E-state index contributed by atoms with van der Waals surface area (Å²) >= 11 is 3.23. The van der Waals surface area contributed by atoms with E-state index >= 15 is 0 Å². The highest BCUT2D eigenvalue weighted by Crippen LogP contribution is 2.33. The van der Waals surface area contributed by atoms with Gasteiger partial charge in [-0.1, -0.05) is 19.9 Å². The van der Waals surface area contributed by atoms with Crippen LogP contribution in [0.25, 0.3) is 20.7 Å². The van der Waals surface area contributed by atoms with Crippen LogP contribution in [-0.4, -0.2) is 23.1 Å². The molecular formula is C19H24N3OS2+. The second kappa shape index (κ2) is 6.67. The van der Waals surface area contributed by atoms with Gasteiger partial charge in [-0.25, -0.2) is 4.98 Å². The van der Waals surface area contributed by atoms with E-state index in [0.29, 0.717) is 0 Å². The lowest BCUT2D eigenvalue weighted by atomic mass is 9.91. The van der Waals surface area contributed by atoms with Crippen molar-refractivity contribution in [2.45, 2.75) is 33.2 Å². The third-order valence-electron chi connectivity index (χ3n) is 5.30. The summed E-state index contributed by atoms with van der Waals surface area (Å²) in [5.74, 6) is 2.28. The molecule has 0 aromatic carbocycles. The first-order valence-electron chi connectivity index (χ1n) is 8.92. The Kier molecular flexibility index (Phi) is 4.52. The molecule has 3 aromatic heterocycles. The van der Waals surface area contributed by atoms with Crippen molar-refractivity contribution in [2.24, 2.45) is 11.8 Å². The van der Waals surface area contributed by atoms with Gasteiger partial charge in [0.05, 0.1) is 18.5 Å². The molecule has 0 radical (unpaired) electrons. The number of aromatic amines is 1. The Bertz CT molecular complexity index is 918. The highest BCUT2D eigenvalue weighted by atomic mass is 32.1. The lowest BCUT2D eigenvalue weighted by Crippen LogP contribution is -3.14. The summed E-state index contributed by atoms with van der Waals surface area (Å²) in [6, 6.07) is 4.29. The van der Waals surface area contributed by atoms with Gasteiger partial charge in [0.25, 0.3) is 5.56 Å². The summed E-state index contributed by atoms with van der Waals surface area (Å²) in [4.78, 5) is 24.2. The van der Waals surface area contributed by atoms with E-state index in [0.717, 1.165) is 51.4 Å². The maximum absolute atomic E-state index is 12.8. The van der Waals surface area contributed by atoms with E-state index < -0.39 is 0 Å². The first-order chi connectivity index (χ1) is 12.0. The molecule has 0 saturated carbocycles. The Hall–Kier alpha value is -1.50. The number of aromatic nitrogens is 2. The normalized spacial score (nSPS) is 25.3. The second-order valence-corrected chi connectivity index (χ2v) is 9.30. The number of piperidine rings is 1. The molecule has 0 bridgehead atoms. The van der Waals surface area contributed by atoms with E-state index in [1.54, 1.807) is 22.7 Å². The predicted octanol–water partition coefficient (Wildman–Crippen LogP) is 3.33. The number of nitrogens with one attached hydrogen (secondary N) is 2. The van der Waals surface area contributed by atoms with Gasteiger partial charge in [-0.3, -0.25) is 4.79 Å². The van der Waals surface area contributed by atoms with Crippen molar-refractivity contribution in [2.75, 3.05) is 13.1 Å². The lowest BCUT2D eigenvalue weighted by Gasteiger charge is -2.35. The summed E-state index contributed by atoms with van der Waals surface area (Å²) in [5.41, 5.74) is 1.00. The topological polar surface area (TPSA) is 50.2 Å². The van der Waals surface area contributed by atoms with Crippen LogP contribution < -0.4 is 10.5 Å². The molecule has 0 amide bonds. The van der Waals surface area contributed by atoms with Crippen molar-refractivity contribution in [1.82, 2.24) is 9.97 Å². The van der Waals surface area contributed by atoms with Crippen molar-refractivity contribution in [1.29, 1.82) is 0 Å². The summed E-state index contributed by atoms with van der Waals surface area (Å²) in [6.07, 6.45) is 1.30. The van der Waals surface area contributed by atoms with Gasteiger partial charge >= 0.3 is 0 Å². The largest absolute Gasteiger partial charge is 0.326 e. The minimum absolute atomic E-state index is 0.00555. The first kappa shape index (κ1) is 16.9. The predicted molar refractivity (Wildman–Crippen MR) is 106 cm³/mol. The van der Waals surface area contributed by atoms with Crippen LogP contribution in [0.2, 0.25) is 0 Å². The zero-order chi connectivity index (χ0) is 17.6. The highest BCUT2D eigenvalue weighted by Gasteiger charge is 2.31. The van der Waals surface area contributed by atoms with Crippen LogP contribution in [-0.2, 0) is 0 Å². The van der Waals surface area contributed by atoms with Crippen LogP contribution in [0.3, 0.4) is 0 Å². The van der Waals surface area contributed by atoms with Crippen LogP contribution in [0.4, 0.5) is 0 Å². The van der Waals surface area contributed by atoms with Crippen LogP contribution in [0.5, 0.6) is 0 Å². The molecule has 1 aliphatic heterocycles. The van der Waals surface area contributed by atoms with Gasteiger partial charge in [0.15, 0.2) is 5.82 Å². The van der Waals surface area contributed by atoms with E-state index in [1.807, 2.05) is 11.4 Å². The molecule has 1 unspecified atom stereocenters. The van der Waals surface area contributed by atoms with Crippen LogP contribution in [0.15, 0.2) is 27.7 Å². The van der Waals surface area contributed by atoms with Crippen molar-refractivity contribution in [3.8, 4) is 10.4 Å². The maximum Gasteiger partial charge on any atom is 0.260 e. The molecule has 4 nitrogen and oxygen atoms in total. The molecule has 2 N–H and O–H groups in total. The number of rotatable bonds is 3. The van der Waals surface area contributed by atoms with E-state index in [1.165, 1.54) is 11.3 Å². The van der Waals surface area contributed by atoms with Crippen LogP contribution in [0, 0.1) is 11.8 Å². The number of fused-ring (bicyclic) bond motifs is 1. The molecule has 1 saturated heterocycles. The molecule has 132 valence electrons. The fourth-order valence-electron chi connectivity index (χ4n) is 4.16. The fourth-order valence-corrected chi connectivity index (χ4v) is 5.93. The van der Waals surface area contributed by atoms with Gasteiger partial charge in [0.1, 0.15) is 10.9 Å². The van der Waals surface area contributed by atoms with Gasteiger partial charge in [0.2, 0.25) is 0 Å². The average molecular weight is 375 g/mol. The molecule has 1 aliphatic rings. The standard InChI is InChI=1S/C19H23N3OS2/c1-11-7-12(2)9-22(8-11)13(3)17-20-18(23)16-14(10-25-19(16)21-17)15-5-4-6-24-15/h4-6,10-13H,7-9H2,1-3H3,(H,20,21,23)/p+1/t11-,12+,13-/m0/s1. The number of quaternary nitrogens is 1. The van der Waals surface area contributed by atoms with Crippen molar-refractivity contribution < 1.29 is 4.90 Å². The lowest BCUT2D eigenvalue weighted by molar-refractivity contribution is -0.941. The number of nitrogens with zero attached hydrogens (tertiary/aromatic N) is 1. The molecule has 4 heterocycles. The Morgan fingerprint density at radius 3 is 2.72 bits per heavy atom. The Morgan fingerprint density at radius 2 is 2.04 bits per heavy atom. The zero-order valence-corrected chi connectivity index (χ0v) is 16.5. The minimum atomic E-state index is -0.00555. The highest BCUT2D eigenvalue weighted by molar-refractivity contribution is 7.18. The van der Waals surface area contributed by atoms with E-state index in [2.05, 4.69) is 37.2 Å². The fraction of sp³-hybridized carbons (Fsp3) is 0.474. The number of hydrogen-bond acceptors (Lipinski definition) is 4. The van der Waals surface area contributed by atoms with Gasteiger partial charge in [-0.2, -0.15) is 0 Å². The quantitative estimate of drug-likeness (QED) is 0.739. The minimum Gasteiger partial charge on any atom is -0.326 e. The first-order valence-corrected chi connectivity index (χ1v) is 10.7. The van der Waals surface area contributed by atoms with E-state index in [4.69, 9.17) is 4.98 Å². The van der Waals surface area contributed by atoms with Crippen LogP contribution in [0.1, 0.15) is 39.1 Å². The van der Waals surface area contributed by atoms with Crippen molar-refractivity contribution >= 4 is 32.9 Å². The third-order valence-corrected chi connectivity index (χ3v) is 7.07. The maximum atomic E-state index is 12.8. The number of H-pyrrole nitrogens is 1. The Labute approximate surface area is 155 Å². The summed E-state index contributed by atoms with van der Waals surface area (Å²) in [7, 11) is 0. The van der Waals surface area contributed by atoms with E-state index in [-0.39, 0.29) is 11.6 Å². The summed E-state index contributed by atoms with van der Waals surface area (Å²) in [5, 5.41) is 4.84. The Balaban J connectivity index is 1.71. The molecule has 4 rings (SSSR count). The monoisotopic (exact) mass is 374 g/mol. The van der Waals surface area contributed by atoms with Gasteiger partial charge in [0, 0.05) is 27.7 Å². The van der Waals surface area contributed by atoms with Gasteiger partial charge in [-0.05, 0) is 24.8 Å². The van der Waals surface area contributed by atoms with Gasteiger partial charge < -0.3 is 9.88 Å². The number of thiophene rings is 2. The SMILES string of the molecule is C[C@@H]1C[C@H](C)C[NH+]([C@@H](C)c2nc3scc(-c4cccs4)c3c(=O)[nH]2)C1. The van der Waals surface area contributed by atoms with E-state index in [9.17, 15) is 4.79 Å². The van der Waals surface area contributed by atoms with Crippen molar-refractivity contribution in [3.63, 3.8) is 0 Å². The van der Waals surface area contributed by atoms with Crippen LogP contribution >= 0.6 is 22.7 Å². The molecule has 1 fully saturated rings. The molecule has 6 heteroatoms. The third kappa shape index (κ3) is 3.18. The second-order valence-electron chi connectivity index (χ2n) is 7.49. The summed E-state index contributed by atoms with van der Waals surface area (Å²) in [6.45, 7) is 9.15. The molecule has 25 heavy (non-hydrogen) atoms. The van der Waals surface area contributed by atoms with Gasteiger partial charge in [-0.15, -0.1) is 22.7 Å². The average Bonchev–Trinajstić information content (AvgIpc) is 3.22. The number of likely N-dealkylation sites (tertiary alicyclic amines) is 1. The smallest absolute Gasteiger partial charge is 0.260 e. The molecule has 0 aliphatic carbocycles. The zero-order valence-electron chi connectivity index (χ0n) is 14.8.